The SMILES string of the molecule is Cc1ccsc1C(=O)N1CCc2nnc(CNC(=O)C3CC3)n2CC1. The maximum Gasteiger partial charge on any atom is 0.264 e. The molecule has 1 fully saturated rings. The molecule has 1 N–H and O–H groups in total. The molecule has 7 nitrogen and oxygen atoms in total. The minimum Gasteiger partial charge on any atom is -0.349 e. The summed E-state index contributed by atoms with van der Waals surface area (Å²) in [5.41, 5.74) is 1.03. The lowest BCUT2D eigenvalue weighted by atomic mass is 10.2. The van der Waals surface area contributed by atoms with Gasteiger partial charge in [0.05, 0.1) is 11.4 Å². The van der Waals surface area contributed by atoms with Crippen molar-refractivity contribution in [1.29, 1.82) is 0 Å². The van der Waals surface area contributed by atoms with Crippen LogP contribution < -0.4 is 5.32 Å². The Labute approximate surface area is 150 Å². The summed E-state index contributed by atoms with van der Waals surface area (Å²) in [4.78, 5) is 27.2. The third kappa shape index (κ3) is 3.30. The number of rotatable bonds is 4. The first-order chi connectivity index (χ1) is 12.1. The predicted molar refractivity (Wildman–Crippen MR) is 93.3 cm³/mol. The van der Waals surface area contributed by atoms with Gasteiger partial charge in [0, 0.05) is 32.0 Å². The van der Waals surface area contributed by atoms with Crippen molar-refractivity contribution >= 4 is 23.2 Å². The van der Waals surface area contributed by atoms with E-state index in [-0.39, 0.29) is 17.7 Å². The molecule has 8 heteroatoms. The summed E-state index contributed by atoms with van der Waals surface area (Å²) in [5, 5.41) is 13.4. The molecule has 1 saturated carbocycles. The Morgan fingerprint density at radius 2 is 2.12 bits per heavy atom. The van der Waals surface area contributed by atoms with Gasteiger partial charge >= 0.3 is 0 Å². The van der Waals surface area contributed by atoms with Gasteiger partial charge in [0.2, 0.25) is 5.91 Å². The second kappa shape index (κ2) is 6.59. The fraction of sp³-hybridized carbons (Fsp3) is 0.529. The zero-order valence-corrected chi connectivity index (χ0v) is 15.0. The number of carbonyl (C=O) groups excluding carboxylic acids is 2. The van der Waals surface area contributed by atoms with E-state index in [1.54, 1.807) is 0 Å². The first-order valence-corrected chi connectivity index (χ1v) is 9.53. The molecular weight excluding hydrogens is 338 g/mol. The molecule has 1 aliphatic heterocycles. The number of aryl methyl sites for hydroxylation is 1. The molecule has 0 atom stereocenters. The van der Waals surface area contributed by atoms with E-state index in [9.17, 15) is 9.59 Å². The molecule has 2 aromatic heterocycles. The Bertz CT molecular complexity index is 808. The van der Waals surface area contributed by atoms with E-state index in [0.717, 1.165) is 34.9 Å². The lowest BCUT2D eigenvalue weighted by Crippen LogP contribution is -2.33. The average molecular weight is 359 g/mol. The Kier molecular flexibility index (Phi) is 4.29. The molecule has 2 amide bonds. The lowest BCUT2D eigenvalue weighted by molar-refractivity contribution is -0.122. The van der Waals surface area contributed by atoms with Crippen LogP contribution >= 0.6 is 11.3 Å². The first-order valence-electron chi connectivity index (χ1n) is 8.65. The van der Waals surface area contributed by atoms with Crippen molar-refractivity contribution in [3.05, 3.63) is 33.5 Å². The third-order valence-corrected chi connectivity index (χ3v) is 5.82. The van der Waals surface area contributed by atoms with Crippen LogP contribution in [-0.2, 0) is 24.3 Å². The van der Waals surface area contributed by atoms with Crippen molar-refractivity contribution in [1.82, 2.24) is 25.0 Å². The highest BCUT2D eigenvalue weighted by Crippen LogP contribution is 2.28. The normalized spacial score (nSPS) is 17.1. The summed E-state index contributed by atoms with van der Waals surface area (Å²) >= 11 is 1.49. The van der Waals surface area contributed by atoms with Gasteiger partial charge in [-0.3, -0.25) is 9.59 Å². The van der Waals surface area contributed by atoms with Crippen LogP contribution in [0.5, 0.6) is 0 Å². The summed E-state index contributed by atoms with van der Waals surface area (Å²) in [6, 6.07) is 1.98. The topological polar surface area (TPSA) is 80.1 Å². The van der Waals surface area contributed by atoms with E-state index in [2.05, 4.69) is 15.5 Å². The molecule has 25 heavy (non-hydrogen) atoms. The van der Waals surface area contributed by atoms with Gasteiger partial charge in [-0.1, -0.05) is 0 Å². The maximum atomic E-state index is 12.7. The van der Waals surface area contributed by atoms with Gasteiger partial charge in [-0.15, -0.1) is 21.5 Å². The number of nitrogens with zero attached hydrogens (tertiary/aromatic N) is 4. The van der Waals surface area contributed by atoms with Gasteiger partial charge in [-0.2, -0.15) is 0 Å². The Morgan fingerprint density at radius 1 is 1.28 bits per heavy atom. The van der Waals surface area contributed by atoms with Gasteiger partial charge in [0.1, 0.15) is 5.82 Å². The molecule has 0 bridgehead atoms. The molecule has 0 unspecified atom stereocenters. The number of hydrogen-bond acceptors (Lipinski definition) is 5. The summed E-state index contributed by atoms with van der Waals surface area (Å²) < 4.78 is 2.04. The van der Waals surface area contributed by atoms with Gasteiger partial charge in [-0.25, -0.2) is 0 Å². The van der Waals surface area contributed by atoms with Crippen LogP contribution in [0.3, 0.4) is 0 Å². The standard InChI is InChI=1S/C17H21N5O2S/c1-11-5-9-25-15(11)17(24)21-6-4-13-19-20-14(22(13)8-7-21)10-18-16(23)12-2-3-12/h5,9,12H,2-4,6-8,10H2,1H3,(H,18,23). The Balaban J connectivity index is 1.42. The average Bonchev–Trinajstić information content (AvgIpc) is 3.32. The van der Waals surface area contributed by atoms with Crippen molar-refractivity contribution in [2.75, 3.05) is 13.1 Å². The minimum atomic E-state index is 0.0924. The number of fused-ring (bicyclic) bond motifs is 1. The van der Waals surface area contributed by atoms with Crippen LogP contribution in [0.25, 0.3) is 0 Å². The van der Waals surface area contributed by atoms with E-state index < -0.39 is 0 Å². The molecule has 2 aliphatic rings. The fourth-order valence-electron chi connectivity index (χ4n) is 3.11. The number of hydrogen-bond donors (Lipinski definition) is 1. The summed E-state index contributed by atoms with van der Waals surface area (Å²) in [6.45, 7) is 4.30. The fourth-order valence-corrected chi connectivity index (χ4v) is 4.00. The highest BCUT2D eigenvalue weighted by atomic mass is 32.1. The first kappa shape index (κ1) is 16.3. The largest absolute Gasteiger partial charge is 0.349 e. The molecule has 0 radical (unpaired) electrons. The minimum absolute atomic E-state index is 0.0924. The number of aromatic nitrogens is 3. The molecule has 0 aromatic carbocycles. The predicted octanol–water partition coefficient (Wildman–Crippen LogP) is 1.37. The molecule has 0 spiro atoms. The molecule has 4 rings (SSSR count). The second-order valence-corrected chi connectivity index (χ2v) is 7.57. The monoisotopic (exact) mass is 359 g/mol. The van der Waals surface area contributed by atoms with Crippen LogP contribution in [0.15, 0.2) is 11.4 Å². The van der Waals surface area contributed by atoms with Gasteiger partial charge in [0.25, 0.3) is 5.91 Å². The second-order valence-electron chi connectivity index (χ2n) is 6.65. The van der Waals surface area contributed by atoms with E-state index in [4.69, 9.17) is 0 Å². The van der Waals surface area contributed by atoms with Gasteiger partial charge in [0.15, 0.2) is 5.82 Å². The zero-order valence-electron chi connectivity index (χ0n) is 14.2. The molecule has 3 heterocycles. The Morgan fingerprint density at radius 3 is 2.84 bits per heavy atom. The summed E-state index contributed by atoms with van der Waals surface area (Å²) in [5.74, 6) is 2.04. The highest BCUT2D eigenvalue weighted by molar-refractivity contribution is 7.12. The van der Waals surface area contributed by atoms with E-state index in [1.165, 1.54) is 11.3 Å². The smallest absolute Gasteiger partial charge is 0.264 e. The van der Waals surface area contributed by atoms with Crippen LogP contribution in [0.4, 0.5) is 0 Å². The van der Waals surface area contributed by atoms with Crippen LogP contribution in [-0.4, -0.2) is 44.6 Å². The highest BCUT2D eigenvalue weighted by Gasteiger charge is 2.30. The van der Waals surface area contributed by atoms with E-state index in [1.807, 2.05) is 27.8 Å². The summed E-state index contributed by atoms with van der Waals surface area (Å²) in [7, 11) is 0. The van der Waals surface area contributed by atoms with E-state index >= 15 is 0 Å². The van der Waals surface area contributed by atoms with Crippen molar-refractivity contribution in [2.45, 2.75) is 39.3 Å². The van der Waals surface area contributed by atoms with Crippen molar-refractivity contribution in [3.63, 3.8) is 0 Å². The molecule has 1 aliphatic carbocycles. The lowest BCUT2D eigenvalue weighted by Gasteiger charge is -2.19. The molecule has 132 valence electrons. The van der Waals surface area contributed by atoms with Crippen LogP contribution in [0, 0.1) is 12.8 Å². The molecule has 2 aromatic rings. The molecule has 0 saturated heterocycles. The Hall–Kier alpha value is -2.22. The van der Waals surface area contributed by atoms with Gasteiger partial charge in [-0.05, 0) is 36.8 Å². The van der Waals surface area contributed by atoms with Crippen LogP contribution in [0.2, 0.25) is 0 Å². The van der Waals surface area contributed by atoms with Crippen molar-refractivity contribution in [3.8, 4) is 0 Å². The van der Waals surface area contributed by atoms with Crippen LogP contribution in [0.1, 0.15) is 39.7 Å². The number of carbonyl (C=O) groups is 2. The third-order valence-electron chi connectivity index (χ3n) is 4.82. The quantitative estimate of drug-likeness (QED) is 0.894. The number of amides is 2. The summed E-state index contributed by atoms with van der Waals surface area (Å²) in [6.07, 6.45) is 2.66. The van der Waals surface area contributed by atoms with E-state index in [0.29, 0.717) is 32.6 Å². The van der Waals surface area contributed by atoms with Crippen molar-refractivity contribution < 1.29 is 9.59 Å². The number of thiophene rings is 1. The number of nitrogens with one attached hydrogen (secondary N) is 1. The molecular formula is C17H21N5O2S. The van der Waals surface area contributed by atoms with Crippen molar-refractivity contribution in [2.24, 2.45) is 5.92 Å². The maximum absolute atomic E-state index is 12.7. The zero-order chi connectivity index (χ0) is 17.4. The van der Waals surface area contributed by atoms with Gasteiger partial charge < -0.3 is 14.8 Å².